The molecule has 0 aromatic carbocycles. The predicted molar refractivity (Wildman–Crippen MR) is 33.6 cm³/mol. The van der Waals surface area contributed by atoms with Gasteiger partial charge in [-0.15, -0.1) is 0 Å². The summed E-state index contributed by atoms with van der Waals surface area (Å²) >= 11 is 0. The fraction of sp³-hybridized carbons (Fsp3) is 0.600. The Balaban J connectivity index is 3.79. The Bertz CT molecular complexity index is 80.6. The molecule has 0 N–H and O–H groups in total. The molecule has 0 bridgehead atoms. The molecule has 42 valence electrons. The fourth-order valence-corrected chi connectivity index (χ4v) is 0. The van der Waals surface area contributed by atoms with E-state index in [1.807, 2.05) is 19.6 Å². The van der Waals surface area contributed by atoms with Gasteiger partial charge in [-0.25, -0.2) is 4.39 Å². The summed E-state index contributed by atoms with van der Waals surface area (Å²) in [5.74, 6) is 0. The number of halogens is 1. The third-order valence-corrected chi connectivity index (χ3v) is 2.44. The molecule has 0 aromatic rings. The van der Waals surface area contributed by atoms with Crippen molar-refractivity contribution in [2.75, 3.05) is 0 Å². The average Bonchev–Trinajstić information content (AvgIpc) is 1.31. The largest absolute Gasteiger partial charge is 0.218 e. The van der Waals surface area contributed by atoms with Crippen LogP contribution in [-0.2, 0) is 0 Å². The Morgan fingerprint density at radius 2 is 1.57 bits per heavy atom. The van der Waals surface area contributed by atoms with Gasteiger partial charge in [0.05, 0.1) is 5.45 Å². The van der Waals surface area contributed by atoms with E-state index in [1.54, 1.807) is 0 Å². The van der Waals surface area contributed by atoms with Crippen LogP contribution >= 0.6 is 0 Å². The van der Waals surface area contributed by atoms with Crippen LogP contribution in [0.15, 0.2) is 12.0 Å². The normalized spacial score (nSPS) is 11.4. The van der Waals surface area contributed by atoms with Crippen LogP contribution in [0.25, 0.3) is 0 Å². The SMILES string of the molecule is C=C(F)[Si](C)(C)C. The Morgan fingerprint density at radius 1 is 1.43 bits per heavy atom. The highest BCUT2D eigenvalue weighted by Crippen LogP contribution is 2.11. The molecule has 0 unspecified atom stereocenters. The summed E-state index contributed by atoms with van der Waals surface area (Å²) < 4.78 is 12.1. The van der Waals surface area contributed by atoms with Crippen molar-refractivity contribution in [1.82, 2.24) is 0 Å². The minimum atomic E-state index is -1.60. The summed E-state index contributed by atoms with van der Waals surface area (Å²) in [5, 5.41) is 0. The van der Waals surface area contributed by atoms with Gasteiger partial charge in [0.15, 0.2) is 0 Å². The topological polar surface area (TPSA) is 0 Å². The van der Waals surface area contributed by atoms with Gasteiger partial charge in [-0.05, 0) is 0 Å². The second-order valence-electron chi connectivity index (χ2n) is 2.65. The van der Waals surface area contributed by atoms with Crippen LogP contribution in [0.3, 0.4) is 0 Å². The summed E-state index contributed by atoms with van der Waals surface area (Å²) in [6, 6.07) is 0. The first-order valence-electron chi connectivity index (χ1n) is 2.29. The van der Waals surface area contributed by atoms with E-state index in [9.17, 15) is 4.39 Å². The standard InChI is InChI=1S/C5H11FSi/c1-5(6)7(2,3)4/h1H2,2-4H3. The van der Waals surface area contributed by atoms with Crippen LogP contribution < -0.4 is 0 Å². The predicted octanol–water partition coefficient (Wildman–Crippen LogP) is 2.35. The molecule has 7 heavy (non-hydrogen) atoms. The Morgan fingerprint density at radius 3 is 1.57 bits per heavy atom. The van der Waals surface area contributed by atoms with Crippen LogP contribution in [0.4, 0.5) is 4.39 Å². The van der Waals surface area contributed by atoms with Crippen LogP contribution in [-0.4, -0.2) is 8.07 Å². The lowest BCUT2D eigenvalue weighted by Crippen LogP contribution is -2.19. The number of hydrogen-bond acceptors (Lipinski definition) is 0. The highest BCUT2D eigenvalue weighted by Gasteiger charge is 2.16. The zero-order valence-electron chi connectivity index (χ0n) is 5.09. The van der Waals surface area contributed by atoms with Gasteiger partial charge in [0.2, 0.25) is 0 Å². The second-order valence-corrected chi connectivity index (χ2v) is 7.70. The zero-order chi connectivity index (χ0) is 6.08. The fourth-order valence-electron chi connectivity index (χ4n) is 0. The van der Waals surface area contributed by atoms with Crippen molar-refractivity contribution in [3.05, 3.63) is 12.0 Å². The van der Waals surface area contributed by atoms with E-state index >= 15 is 0 Å². The Hall–Kier alpha value is -0.113. The summed E-state index contributed by atoms with van der Waals surface area (Å²) in [6.07, 6.45) is 0. The molecule has 0 radical (unpaired) electrons. The lowest BCUT2D eigenvalue weighted by Gasteiger charge is -2.09. The van der Waals surface area contributed by atoms with Crippen LogP contribution in [0.1, 0.15) is 0 Å². The Labute approximate surface area is 45.1 Å². The van der Waals surface area contributed by atoms with Crippen molar-refractivity contribution in [2.45, 2.75) is 19.6 Å². The van der Waals surface area contributed by atoms with Crippen molar-refractivity contribution in [1.29, 1.82) is 0 Å². The van der Waals surface area contributed by atoms with Crippen molar-refractivity contribution in [3.63, 3.8) is 0 Å². The summed E-state index contributed by atoms with van der Waals surface area (Å²) in [7, 11) is -1.60. The third-order valence-electron chi connectivity index (χ3n) is 0.814. The minimum absolute atomic E-state index is 0.118. The molecule has 0 spiro atoms. The maximum atomic E-state index is 12.1. The van der Waals surface area contributed by atoms with E-state index < -0.39 is 8.07 Å². The molecule has 2 heteroatoms. The molecular weight excluding hydrogens is 107 g/mol. The number of hydrogen-bond donors (Lipinski definition) is 0. The van der Waals surface area contributed by atoms with E-state index in [0.29, 0.717) is 0 Å². The minimum Gasteiger partial charge on any atom is -0.218 e. The lowest BCUT2D eigenvalue weighted by atomic mass is 11.2. The molecule has 0 amide bonds. The lowest BCUT2D eigenvalue weighted by molar-refractivity contribution is 0.686. The molecule has 0 nitrogen and oxygen atoms in total. The van der Waals surface area contributed by atoms with E-state index in [4.69, 9.17) is 0 Å². The first-order chi connectivity index (χ1) is 2.94. The van der Waals surface area contributed by atoms with E-state index in [2.05, 4.69) is 6.58 Å². The van der Waals surface area contributed by atoms with Gasteiger partial charge < -0.3 is 0 Å². The van der Waals surface area contributed by atoms with Crippen molar-refractivity contribution in [2.24, 2.45) is 0 Å². The van der Waals surface area contributed by atoms with E-state index in [-0.39, 0.29) is 5.45 Å². The van der Waals surface area contributed by atoms with Crippen molar-refractivity contribution < 1.29 is 4.39 Å². The summed E-state index contributed by atoms with van der Waals surface area (Å²) in [4.78, 5) is 0. The first kappa shape index (κ1) is 6.89. The maximum Gasteiger partial charge on any atom is 0.113 e. The molecule has 0 aromatic heterocycles. The first-order valence-corrected chi connectivity index (χ1v) is 5.79. The molecule has 0 saturated carbocycles. The van der Waals surface area contributed by atoms with Gasteiger partial charge in [-0.1, -0.05) is 26.2 Å². The smallest absolute Gasteiger partial charge is 0.113 e. The van der Waals surface area contributed by atoms with Crippen molar-refractivity contribution >= 4 is 8.07 Å². The van der Waals surface area contributed by atoms with E-state index in [1.165, 1.54) is 0 Å². The molecular formula is C5H11FSi. The summed E-state index contributed by atoms with van der Waals surface area (Å²) in [5.41, 5.74) is -0.118. The van der Waals surface area contributed by atoms with Crippen LogP contribution in [0.2, 0.25) is 19.6 Å². The molecule has 0 fully saturated rings. The van der Waals surface area contributed by atoms with Gasteiger partial charge in [0, 0.05) is 0 Å². The van der Waals surface area contributed by atoms with Crippen LogP contribution in [0.5, 0.6) is 0 Å². The molecule has 0 rings (SSSR count). The molecule has 0 aliphatic heterocycles. The molecule has 0 atom stereocenters. The molecule has 0 heterocycles. The quantitative estimate of drug-likeness (QED) is 0.464. The highest BCUT2D eigenvalue weighted by molar-refractivity contribution is 6.82. The monoisotopic (exact) mass is 118 g/mol. The molecule has 0 saturated heterocycles. The number of rotatable bonds is 1. The van der Waals surface area contributed by atoms with Gasteiger partial charge in [-0.2, -0.15) is 0 Å². The molecule has 0 aliphatic carbocycles. The summed E-state index contributed by atoms with van der Waals surface area (Å²) in [6.45, 7) is 9.00. The molecule has 0 aliphatic rings. The highest BCUT2D eigenvalue weighted by atomic mass is 28.3. The zero-order valence-corrected chi connectivity index (χ0v) is 6.09. The third kappa shape index (κ3) is 2.57. The maximum absolute atomic E-state index is 12.1. The van der Waals surface area contributed by atoms with Gasteiger partial charge in [0.25, 0.3) is 0 Å². The van der Waals surface area contributed by atoms with Crippen LogP contribution in [0, 0.1) is 0 Å². The second kappa shape index (κ2) is 1.78. The van der Waals surface area contributed by atoms with Gasteiger partial charge in [-0.3, -0.25) is 0 Å². The van der Waals surface area contributed by atoms with Gasteiger partial charge in [0.1, 0.15) is 8.07 Å². The van der Waals surface area contributed by atoms with Gasteiger partial charge >= 0.3 is 0 Å². The Kier molecular flexibility index (Phi) is 1.75. The van der Waals surface area contributed by atoms with E-state index in [0.717, 1.165) is 0 Å². The average molecular weight is 118 g/mol. The van der Waals surface area contributed by atoms with Crippen molar-refractivity contribution in [3.8, 4) is 0 Å².